The van der Waals surface area contributed by atoms with Crippen molar-refractivity contribution in [2.24, 2.45) is 0 Å². The van der Waals surface area contributed by atoms with E-state index in [1.165, 1.54) is 36.2 Å². The number of carbonyl (C=O) groups is 2. The van der Waals surface area contributed by atoms with Gasteiger partial charge < -0.3 is 10.2 Å². The Hall–Kier alpha value is -3.07. The molecule has 3 aromatic carbocycles. The maximum absolute atomic E-state index is 13.7. The Labute approximate surface area is 221 Å². The van der Waals surface area contributed by atoms with Gasteiger partial charge in [0.15, 0.2) is 0 Å². The summed E-state index contributed by atoms with van der Waals surface area (Å²) in [6, 6.07) is 18.6. The van der Waals surface area contributed by atoms with Gasteiger partial charge in [-0.05, 0) is 67.9 Å². The van der Waals surface area contributed by atoms with Crippen molar-refractivity contribution in [3.63, 3.8) is 0 Å². The molecular weight excluding hydrogens is 521 g/mol. The fraction of sp³-hybridized carbons (Fsp3) is 0.231. The zero-order chi connectivity index (χ0) is 26.5. The summed E-state index contributed by atoms with van der Waals surface area (Å²) < 4.78 is 28.4. The number of nitrogens with zero attached hydrogens (tertiary/aromatic N) is 2. The van der Waals surface area contributed by atoms with E-state index >= 15 is 0 Å². The van der Waals surface area contributed by atoms with Gasteiger partial charge in [0.25, 0.3) is 10.0 Å². The van der Waals surface area contributed by atoms with Crippen LogP contribution in [0.5, 0.6) is 0 Å². The molecule has 0 heterocycles. The second kappa shape index (κ2) is 11.8. The van der Waals surface area contributed by atoms with Crippen LogP contribution in [0.1, 0.15) is 18.1 Å². The van der Waals surface area contributed by atoms with Crippen molar-refractivity contribution in [3.8, 4) is 0 Å². The third kappa shape index (κ3) is 6.57. The lowest BCUT2D eigenvalue weighted by Gasteiger charge is -2.31. The van der Waals surface area contributed by atoms with E-state index in [-0.39, 0.29) is 17.3 Å². The second-order valence-electron chi connectivity index (χ2n) is 8.24. The fourth-order valence-electron chi connectivity index (χ4n) is 3.55. The first kappa shape index (κ1) is 27.5. The van der Waals surface area contributed by atoms with E-state index in [2.05, 4.69) is 5.32 Å². The summed E-state index contributed by atoms with van der Waals surface area (Å²) >= 11 is 11.9. The molecule has 0 aliphatic rings. The highest BCUT2D eigenvalue weighted by Gasteiger charge is 2.32. The smallest absolute Gasteiger partial charge is 0.264 e. The number of benzene rings is 3. The first-order valence-corrected chi connectivity index (χ1v) is 13.3. The van der Waals surface area contributed by atoms with Crippen molar-refractivity contribution in [1.82, 2.24) is 10.2 Å². The van der Waals surface area contributed by atoms with Gasteiger partial charge in [-0.25, -0.2) is 8.42 Å². The lowest BCUT2D eigenvalue weighted by Crippen LogP contribution is -2.50. The average Bonchev–Trinajstić information content (AvgIpc) is 2.86. The summed E-state index contributed by atoms with van der Waals surface area (Å²) in [6.07, 6.45) is 0. The summed E-state index contributed by atoms with van der Waals surface area (Å²) in [5.41, 5.74) is 2.00. The fourth-order valence-corrected chi connectivity index (χ4v) is 5.22. The number of anilines is 1. The summed E-state index contributed by atoms with van der Waals surface area (Å²) in [5.74, 6) is -0.918. The molecule has 10 heteroatoms. The predicted octanol–water partition coefficient (Wildman–Crippen LogP) is 4.66. The first-order chi connectivity index (χ1) is 17.0. The first-order valence-electron chi connectivity index (χ1n) is 11.1. The van der Waals surface area contributed by atoms with Crippen LogP contribution in [-0.2, 0) is 26.2 Å². The molecule has 7 nitrogen and oxygen atoms in total. The van der Waals surface area contributed by atoms with E-state index in [1.807, 2.05) is 6.92 Å². The molecule has 0 aromatic heterocycles. The Morgan fingerprint density at radius 1 is 0.889 bits per heavy atom. The number of hydrogen-bond acceptors (Lipinski definition) is 4. The zero-order valence-corrected chi connectivity index (χ0v) is 22.4. The number of halogens is 2. The van der Waals surface area contributed by atoms with Gasteiger partial charge in [0.05, 0.1) is 10.6 Å². The monoisotopic (exact) mass is 547 g/mol. The van der Waals surface area contributed by atoms with E-state index in [4.69, 9.17) is 23.2 Å². The zero-order valence-electron chi connectivity index (χ0n) is 20.1. The SMILES string of the molecule is CNC(=O)[C@H](C)N(Cc1ccc(Cl)cc1)C(=O)CN(c1ccc(C)cc1)S(=O)(=O)c1ccc(Cl)cc1. The van der Waals surface area contributed by atoms with E-state index in [1.54, 1.807) is 55.5 Å². The highest BCUT2D eigenvalue weighted by atomic mass is 35.5. The van der Waals surface area contributed by atoms with Gasteiger partial charge in [-0.3, -0.25) is 13.9 Å². The number of rotatable bonds is 9. The quantitative estimate of drug-likeness (QED) is 0.422. The van der Waals surface area contributed by atoms with Gasteiger partial charge in [0.2, 0.25) is 11.8 Å². The largest absolute Gasteiger partial charge is 0.357 e. The van der Waals surface area contributed by atoms with Crippen molar-refractivity contribution in [2.75, 3.05) is 17.9 Å². The molecule has 0 spiro atoms. The molecule has 0 aliphatic heterocycles. The van der Waals surface area contributed by atoms with Crippen molar-refractivity contribution in [1.29, 1.82) is 0 Å². The van der Waals surface area contributed by atoms with Crippen molar-refractivity contribution < 1.29 is 18.0 Å². The lowest BCUT2D eigenvalue weighted by atomic mass is 10.1. The molecule has 3 aromatic rings. The van der Waals surface area contributed by atoms with Crippen LogP contribution in [0, 0.1) is 6.92 Å². The molecule has 0 unspecified atom stereocenters. The van der Waals surface area contributed by atoms with Crippen LogP contribution in [0.15, 0.2) is 77.7 Å². The number of aryl methyl sites for hydroxylation is 1. The number of amides is 2. The molecule has 0 saturated heterocycles. The van der Waals surface area contributed by atoms with Crippen molar-refractivity contribution >= 4 is 50.7 Å². The third-order valence-corrected chi connectivity index (χ3v) is 7.97. The molecule has 3 rings (SSSR count). The van der Waals surface area contributed by atoms with E-state index in [0.29, 0.717) is 15.7 Å². The minimum absolute atomic E-state index is 0.0103. The highest BCUT2D eigenvalue weighted by molar-refractivity contribution is 7.92. The molecule has 0 aliphatic carbocycles. The molecule has 36 heavy (non-hydrogen) atoms. The summed E-state index contributed by atoms with van der Waals surface area (Å²) in [7, 11) is -2.65. The van der Waals surface area contributed by atoms with Crippen LogP contribution < -0.4 is 9.62 Å². The number of likely N-dealkylation sites (N-methyl/N-ethyl adjacent to an activating group) is 1. The normalized spacial score (nSPS) is 12.0. The third-order valence-electron chi connectivity index (χ3n) is 5.68. The standard InChI is InChI=1S/C26H27Cl2N3O4S/c1-18-4-12-23(13-5-18)31(36(34,35)24-14-10-22(28)11-15-24)17-25(32)30(19(2)26(33)29-3)16-20-6-8-21(27)9-7-20/h4-15,19H,16-17H2,1-3H3,(H,29,33)/t19-/m0/s1. The maximum Gasteiger partial charge on any atom is 0.264 e. The molecular formula is C26H27Cl2N3O4S. The van der Waals surface area contributed by atoms with Crippen LogP contribution in [0.2, 0.25) is 10.0 Å². The lowest BCUT2D eigenvalue weighted by molar-refractivity contribution is -0.139. The molecule has 0 radical (unpaired) electrons. The van der Waals surface area contributed by atoms with Crippen LogP contribution >= 0.6 is 23.2 Å². The average molecular weight is 548 g/mol. The van der Waals surface area contributed by atoms with E-state index in [0.717, 1.165) is 15.4 Å². The molecule has 0 fully saturated rings. The van der Waals surface area contributed by atoms with Gasteiger partial charge in [0, 0.05) is 23.6 Å². The van der Waals surface area contributed by atoms with Gasteiger partial charge in [0.1, 0.15) is 12.6 Å². The number of sulfonamides is 1. The molecule has 2 amide bonds. The van der Waals surface area contributed by atoms with Crippen LogP contribution in [-0.4, -0.2) is 44.8 Å². The summed E-state index contributed by atoms with van der Waals surface area (Å²) in [5, 5.41) is 3.48. The molecule has 190 valence electrons. The molecule has 0 saturated carbocycles. The van der Waals surface area contributed by atoms with Crippen molar-refractivity contribution in [3.05, 3.63) is 94.0 Å². The summed E-state index contributed by atoms with van der Waals surface area (Å²) in [4.78, 5) is 27.5. The Morgan fingerprint density at radius 3 is 1.94 bits per heavy atom. The van der Waals surface area contributed by atoms with E-state index < -0.39 is 28.5 Å². The predicted molar refractivity (Wildman–Crippen MR) is 143 cm³/mol. The Kier molecular flexibility index (Phi) is 9.00. The Balaban J connectivity index is 2.01. The van der Waals surface area contributed by atoms with Crippen LogP contribution in [0.25, 0.3) is 0 Å². The number of nitrogens with one attached hydrogen (secondary N) is 1. The Bertz CT molecular complexity index is 1310. The van der Waals surface area contributed by atoms with E-state index in [9.17, 15) is 18.0 Å². The number of hydrogen-bond donors (Lipinski definition) is 1. The van der Waals surface area contributed by atoms with Gasteiger partial charge in [-0.2, -0.15) is 0 Å². The van der Waals surface area contributed by atoms with Gasteiger partial charge in [-0.15, -0.1) is 0 Å². The minimum Gasteiger partial charge on any atom is -0.357 e. The Morgan fingerprint density at radius 2 is 1.42 bits per heavy atom. The molecule has 1 atom stereocenters. The molecule has 0 bridgehead atoms. The molecule has 1 N–H and O–H groups in total. The van der Waals surface area contributed by atoms with Crippen LogP contribution in [0.4, 0.5) is 5.69 Å². The van der Waals surface area contributed by atoms with Crippen molar-refractivity contribution in [2.45, 2.75) is 31.3 Å². The van der Waals surface area contributed by atoms with Crippen LogP contribution in [0.3, 0.4) is 0 Å². The topological polar surface area (TPSA) is 86.8 Å². The highest BCUT2D eigenvalue weighted by Crippen LogP contribution is 2.26. The second-order valence-corrected chi connectivity index (χ2v) is 11.0. The van der Waals surface area contributed by atoms with Gasteiger partial charge in [-0.1, -0.05) is 53.0 Å². The minimum atomic E-state index is -4.13. The maximum atomic E-state index is 13.7. The van der Waals surface area contributed by atoms with Gasteiger partial charge >= 0.3 is 0 Å². The summed E-state index contributed by atoms with van der Waals surface area (Å²) in [6.45, 7) is 3.05. The number of carbonyl (C=O) groups excluding carboxylic acids is 2.